The molecule has 1 heterocycles. The van der Waals surface area contributed by atoms with Gasteiger partial charge in [-0.2, -0.15) is 0 Å². The van der Waals surface area contributed by atoms with E-state index in [9.17, 15) is 4.39 Å². The molecule has 110 valence electrons. The first-order chi connectivity index (χ1) is 10.2. The van der Waals surface area contributed by atoms with Crippen LogP contribution in [0.25, 0.3) is 0 Å². The van der Waals surface area contributed by atoms with Crippen LogP contribution < -0.4 is 14.8 Å². The lowest BCUT2D eigenvalue weighted by atomic mass is 10.2. The van der Waals surface area contributed by atoms with Crippen LogP contribution in [-0.2, 0) is 6.54 Å². The number of halogens is 2. The lowest BCUT2D eigenvalue weighted by molar-refractivity contribution is 0.0902. The minimum absolute atomic E-state index is 0.0455. The summed E-state index contributed by atoms with van der Waals surface area (Å²) in [5, 5.41) is 3.40. The van der Waals surface area contributed by atoms with Crippen molar-refractivity contribution in [1.29, 1.82) is 0 Å². The van der Waals surface area contributed by atoms with Crippen LogP contribution in [0, 0.1) is 5.82 Å². The van der Waals surface area contributed by atoms with Crippen LogP contribution in [0.3, 0.4) is 0 Å². The molecule has 3 rings (SSSR count). The number of nitrogens with one attached hydrogen (secondary N) is 1. The highest BCUT2D eigenvalue weighted by molar-refractivity contribution is 6.30. The van der Waals surface area contributed by atoms with Crippen molar-refractivity contribution in [2.75, 3.05) is 13.2 Å². The molecule has 1 atom stereocenters. The van der Waals surface area contributed by atoms with Crippen LogP contribution in [0.5, 0.6) is 11.5 Å². The Balaban J connectivity index is 1.51. The largest absolute Gasteiger partial charge is 0.486 e. The summed E-state index contributed by atoms with van der Waals surface area (Å²) in [6.07, 6.45) is -0.0455. The van der Waals surface area contributed by atoms with Gasteiger partial charge in [0.2, 0.25) is 0 Å². The van der Waals surface area contributed by atoms with Crippen molar-refractivity contribution in [3.05, 3.63) is 58.9 Å². The molecule has 1 aliphatic heterocycles. The molecule has 0 amide bonds. The topological polar surface area (TPSA) is 30.5 Å². The third-order valence-corrected chi connectivity index (χ3v) is 3.54. The summed E-state index contributed by atoms with van der Waals surface area (Å²) in [6.45, 7) is 1.75. The highest BCUT2D eigenvalue weighted by atomic mass is 35.5. The average Bonchev–Trinajstić information content (AvgIpc) is 2.51. The van der Waals surface area contributed by atoms with Crippen LogP contribution in [0.4, 0.5) is 4.39 Å². The Morgan fingerprint density at radius 2 is 2.00 bits per heavy atom. The summed E-state index contributed by atoms with van der Waals surface area (Å²) < 4.78 is 24.5. The van der Waals surface area contributed by atoms with Gasteiger partial charge < -0.3 is 14.8 Å². The van der Waals surface area contributed by atoms with Crippen LogP contribution in [0.2, 0.25) is 5.02 Å². The molecular weight excluding hydrogens is 293 g/mol. The molecule has 0 saturated heterocycles. The van der Waals surface area contributed by atoms with E-state index in [1.54, 1.807) is 12.1 Å². The van der Waals surface area contributed by atoms with Crippen molar-refractivity contribution in [3.8, 4) is 11.5 Å². The number of rotatable bonds is 4. The summed E-state index contributed by atoms with van der Waals surface area (Å²) in [7, 11) is 0. The molecule has 0 radical (unpaired) electrons. The highest BCUT2D eigenvalue weighted by Gasteiger charge is 2.19. The van der Waals surface area contributed by atoms with Crippen molar-refractivity contribution in [1.82, 2.24) is 5.32 Å². The van der Waals surface area contributed by atoms with E-state index in [1.165, 1.54) is 6.07 Å². The van der Waals surface area contributed by atoms with E-state index in [0.29, 0.717) is 19.7 Å². The molecule has 3 nitrogen and oxygen atoms in total. The normalized spacial score (nSPS) is 16.8. The summed E-state index contributed by atoms with van der Waals surface area (Å²) in [6, 6.07) is 12.3. The third kappa shape index (κ3) is 3.46. The van der Waals surface area contributed by atoms with Gasteiger partial charge >= 0.3 is 0 Å². The van der Waals surface area contributed by atoms with Gasteiger partial charge in [0, 0.05) is 13.1 Å². The second-order valence-corrected chi connectivity index (χ2v) is 5.28. The van der Waals surface area contributed by atoms with Crippen molar-refractivity contribution in [3.63, 3.8) is 0 Å². The lowest BCUT2D eigenvalue weighted by Gasteiger charge is -2.26. The smallest absolute Gasteiger partial charge is 0.161 e. The summed E-state index contributed by atoms with van der Waals surface area (Å²) in [4.78, 5) is 0. The third-order valence-electron chi connectivity index (χ3n) is 3.25. The van der Waals surface area contributed by atoms with Gasteiger partial charge in [-0.1, -0.05) is 29.8 Å². The van der Waals surface area contributed by atoms with Crippen LogP contribution in [0.1, 0.15) is 5.56 Å². The summed E-state index contributed by atoms with van der Waals surface area (Å²) >= 11 is 5.75. The van der Waals surface area contributed by atoms with Gasteiger partial charge in [0.25, 0.3) is 0 Å². The molecule has 1 aliphatic rings. The summed E-state index contributed by atoms with van der Waals surface area (Å²) in [5.74, 6) is 1.14. The SMILES string of the molecule is Fc1ccc(CNCC2COc3ccccc3O2)cc1Cl. The second kappa shape index (κ2) is 6.33. The van der Waals surface area contributed by atoms with Gasteiger partial charge in [-0.3, -0.25) is 0 Å². The number of para-hydroxylation sites is 2. The quantitative estimate of drug-likeness (QED) is 0.939. The Labute approximate surface area is 127 Å². The minimum Gasteiger partial charge on any atom is -0.486 e. The van der Waals surface area contributed by atoms with Gasteiger partial charge in [-0.25, -0.2) is 4.39 Å². The Morgan fingerprint density at radius 1 is 1.19 bits per heavy atom. The Morgan fingerprint density at radius 3 is 2.81 bits per heavy atom. The van der Waals surface area contributed by atoms with E-state index in [-0.39, 0.29) is 11.1 Å². The average molecular weight is 308 g/mol. The molecule has 0 aromatic heterocycles. The fourth-order valence-electron chi connectivity index (χ4n) is 2.19. The molecule has 21 heavy (non-hydrogen) atoms. The molecular formula is C16H15ClFNO2. The van der Waals surface area contributed by atoms with E-state index < -0.39 is 5.82 Å². The molecule has 0 fully saturated rings. The number of hydrogen-bond acceptors (Lipinski definition) is 3. The first kappa shape index (κ1) is 14.2. The van der Waals surface area contributed by atoms with E-state index in [4.69, 9.17) is 21.1 Å². The maximum Gasteiger partial charge on any atom is 0.161 e. The number of ether oxygens (including phenoxy) is 2. The van der Waals surface area contributed by atoms with Crippen LogP contribution in [-0.4, -0.2) is 19.3 Å². The van der Waals surface area contributed by atoms with E-state index in [0.717, 1.165) is 17.1 Å². The maximum atomic E-state index is 13.1. The van der Waals surface area contributed by atoms with Crippen LogP contribution in [0.15, 0.2) is 42.5 Å². The van der Waals surface area contributed by atoms with Gasteiger partial charge in [-0.15, -0.1) is 0 Å². The van der Waals surface area contributed by atoms with E-state index >= 15 is 0 Å². The second-order valence-electron chi connectivity index (χ2n) is 4.88. The molecule has 0 bridgehead atoms. The molecule has 0 spiro atoms. The van der Waals surface area contributed by atoms with E-state index in [2.05, 4.69) is 5.32 Å². The fraction of sp³-hybridized carbons (Fsp3) is 0.250. The van der Waals surface area contributed by atoms with Gasteiger partial charge in [0.05, 0.1) is 5.02 Å². The number of hydrogen-bond donors (Lipinski definition) is 1. The fourth-order valence-corrected chi connectivity index (χ4v) is 2.39. The number of benzene rings is 2. The van der Waals surface area contributed by atoms with Crippen molar-refractivity contribution < 1.29 is 13.9 Å². The standard InChI is InChI=1S/C16H15ClFNO2/c17-13-7-11(5-6-14(13)18)8-19-9-12-10-20-15-3-1-2-4-16(15)21-12/h1-7,12,19H,8-10H2. The Hall–Kier alpha value is -1.78. The zero-order valence-electron chi connectivity index (χ0n) is 11.3. The van der Waals surface area contributed by atoms with Crippen molar-refractivity contribution >= 4 is 11.6 Å². The predicted octanol–water partition coefficient (Wildman–Crippen LogP) is 3.41. The maximum absolute atomic E-state index is 13.1. The van der Waals surface area contributed by atoms with Gasteiger partial charge in [0.15, 0.2) is 11.5 Å². The van der Waals surface area contributed by atoms with Gasteiger partial charge in [-0.05, 0) is 29.8 Å². The predicted molar refractivity (Wildman–Crippen MR) is 79.5 cm³/mol. The molecule has 0 saturated carbocycles. The molecule has 1 N–H and O–H groups in total. The molecule has 0 aliphatic carbocycles. The molecule has 1 unspecified atom stereocenters. The Kier molecular flexibility index (Phi) is 4.27. The van der Waals surface area contributed by atoms with Crippen molar-refractivity contribution in [2.45, 2.75) is 12.6 Å². The van der Waals surface area contributed by atoms with Crippen molar-refractivity contribution in [2.24, 2.45) is 0 Å². The van der Waals surface area contributed by atoms with Crippen LogP contribution >= 0.6 is 11.6 Å². The minimum atomic E-state index is -0.402. The lowest BCUT2D eigenvalue weighted by Crippen LogP contribution is -2.38. The zero-order valence-corrected chi connectivity index (χ0v) is 12.1. The number of fused-ring (bicyclic) bond motifs is 1. The molecule has 2 aromatic rings. The monoisotopic (exact) mass is 307 g/mol. The summed E-state index contributed by atoms with van der Waals surface area (Å²) in [5.41, 5.74) is 0.929. The molecule has 2 aromatic carbocycles. The Bertz CT molecular complexity index is 635. The first-order valence-corrected chi connectivity index (χ1v) is 7.13. The van der Waals surface area contributed by atoms with E-state index in [1.807, 2.05) is 24.3 Å². The first-order valence-electron chi connectivity index (χ1n) is 6.75. The highest BCUT2D eigenvalue weighted by Crippen LogP contribution is 2.30. The van der Waals surface area contributed by atoms with Gasteiger partial charge in [0.1, 0.15) is 18.5 Å². The zero-order chi connectivity index (χ0) is 14.7. The molecule has 5 heteroatoms.